The number of phenolic OH excluding ortho intramolecular Hbond substituents is 2. The first kappa shape index (κ1) is 30.3. The summed E-state index contributed by atoms with van der Waals surface area (Å²) in [4.78, 5) is 24.6. The van der Waals surface area contributed by atoms with Crippen molar-refractivity contribution in [2.75, 3.05) is 0 Å². The summed E-state index contributed by atoms with van der Waals surface area (Å²) in [6.07, 6.45) is 14.4. The molecule has 6 heteroatoms. The standard InChI is InChI=1S/C32H50O6/c1-31(2,19-11-17-29(35)37-23-13-7-5-8-14-23)25-21-28(34)26(22-27(25)33)32(3,4)20-12-18-30(36)38-24-15-9-6-10-16-24/h21-24,33-34H,5-20H2,1-4H3. The summed E-state index contributed by atoms with van der Waals surface area (Å²) in [6.45, 7) is 8.10. The van der Waals surface area contributed by atoms with Gasteiger partial charge >= 0.3 is 11.9 Å². The van der Waals surface area contributed by atoms with E-state index in [1.165, 1.54) is 12.8 Å². The monoisotopic (exact) mass is 530 g/mol. The predicted octanol–water partition coefficient (Wildman–Crippen LogP) is 7.75. The van der Waals surface area contributed by atoms with E-state index >= 15 is 0 Å². The minimum Gasteiger partial charge on any atom is -0.508 e. The molecule has 0 unspecified atom stereocenters. The van der Waals surface area contributed by atoms with Crippen molar-refractivity contribution in [1.82, 2.24) is 0 Å². The average Bonchev–Trinajstić information content (AvgIpc) is 2.86. The molecule has 0 radical (unpaired) electrons. The van der Waals surface area contributed by atoms with Crippen LogP contribution in [0.3, 0.4) is 0 Å². The smallest absolute Gasteiger partial charge is 0.306 e. The zero-order chi connectivity index (χ0) is 27.8. The Kier molecular flexibility index (Phi) is 10.9. The van der Waals surface area contributed by atoms with Crippen molar-refractivity contribution in [3.63, 3.8) is 0 Å². The topological polar surface area (TPSA) is 93.1 Å². The van der Waals surface area contributed by atoms with Crippen LogP contribution in [0.4, 0.5) is 0 Å². The fourth-order valence-corrected chi connectivity index (χ4v) is 6.14. The molecule has 0 spiro atoms. The molecule has 0 saturated heterocycles. The van der Waals surface area contributed by atoms with E-state index in [-0.39, 0.29) is 35.6 Å². The second-order valence-electron chi connectivity index (χ2n) is 12.9. The van der Waals surface area contributed by atoms with Crippen LogP contribution in [0.15, 0.2) is 12.1 Å². The van der Waals surface area contributed by atoms with Gasteiger partial charge in [-0.1, -0.05) is 40.5 Å². The van der Waals surface area contributed by atoms with Gasteiger partial charge in [0.25, 0.3) is 0 Å². The average molecular weight is 531 g/mol. The van der Waals surface area contributed by atoms with Gasteiger partial charge in [0.1, 0.15) is 23.7 Å². The Morgan fingerprint density at radius 3 is 1.37 bits per heavy atom. The molecule has 2 N–H and O–H groups in total. The van der Waals surface area contributed by atoms with Crippen LogP contribution in [0.2, 0.25) is 0 Å². The second kappa shape index (κ2) is 13.7. The van der Waals surface area contributed by atoms with Crippen molar-refractivity contribution in [3.8, 4) is 11.5 Å². The number of phenols is 2. The van der Waals surface area contributed by atoms with Gasteiger partial charge in [-0.2, -0.15) is 0 Å². The van der Waals surface area contributed by atoms with E-state index < -0.39 is 10.8 Å². The largest absolute Gasteiger partial charge is 0.508 e. The fourth-order valence-electron chi connectivity index (χ4n) is 6.14. The quantitative estimate of drug-likeness (QED) is 0.212. The highest BCUT2D eigenvalue weighted by molar-refractivity contribution is 5.70. The van der Waals surface area contributed by atoms with E-state index in [1.54, 1.807) is 12.1 Å². The molecule has 0 heterocycles. The van der Waals surface area contributed by atoms with Crippen LogP contribution in [0, 0.1) is 0 Å². The number of ether oxygens (including phenoxy) is 2. The minimum absolute atomic E-state index is 0.0729. The molecule has 0 aliphatic heterocycles. The first-order valence-corrected chi connectivity index (χ1v) is 14.9. The highest BCUT2D eigenvalue weighted by Gasteiger charge is 2.30. The van der Waals surface area contributed by atoms with Crippen LogP contribution >= 0.6 is 0 Å². The summed E-state index contributed by atoms with van der Waals surface area (Å²) >= 11 is 0. The molecule has 3 rings (SSSR count). The normalized spacial score (nSPS) is 17.8. The van der Waals surface area contributed by atoms with Gasteiger partial charge in [0.2, 0.25) is 0 Å². The molecule has 1 aromatic rings. The maximum atomic E-state index is 12.3. The van der Waals surface area contributed by atoms with Gasteiger partial charge in [-0.25, -0.2) is 0 Å². The number of carbonyl (C=O) groups is 2. The van der Waals surface area contributed by atoms with E-state index in [4.69, 9.17) is 9.47 Å². The molecule has 0 atom stereocenters. The molecular formula is C32H50O6. The predicted molar refractivity (Wildman–Crippen MR) is 149 cm³/mol. The van der Waals surface area contributed by atoms with Crippen molar-refractivity contribution in [2.24, 2.45) is 0 Å². The molecule has 2 saturated carbocycles. The summed E-state index contributed by atoms with van der Waals surface area (Å²) < 4.78 is 11.3. The van der Waals surface area contributed by atoms with Gasteiger partial charge < -0.3 is 19.7 Å². The molecule has 2 aliphatic rings. The van der Waals surface area contributed by atoms with E-state index in [1.807, 2.05) is 27.7 Å². The first-order valence-electron chi connectivity index (χ1n) is 14.9. The molecule has 0 aromatic heterocycles. The van der Waals surface area contributed by atoms with Gasteiger partial charge in [0.05, 0.1) is 0 Å². The summed E-state index contributed by atoms with van der Waals surface area (Å²) in [5.74, 6) is 0.0220. The van der Waals surface area contributed by atoms with Gasteiger partial charge in [-0.15, -0.1) is 0 Å². The van der Waals surface area contributed by atoms with Crippen molar-refractivity contribution >= 4 is 11.9 Å². The van der Waals surface area contributed by atoms with Gasteiger partial charge in [0, 0.05) is 24.0 Å². The highest BCUT2D eigenvalue weighted by Crippen LogP contribution is 2.43. The lowest BCUT2D eigenvalue weighted by Crippen LogP contribution is -2.23. The van der Waals surface area contributed by atoms with Crippen LogP contribution in [0.1, 0.15) is 142 Å². The zero-order valence-corrected chi connectivity index (χ0v) is 24.2. The highest BCUT2D eigenvalue weighted by atomic mass is 16.5. The molecule has 214 valence electrons. The van der Waals surface area contributed by atoms with Crippen molar-refractivity contribution in [2.45, 2.75) is 153 Å². The molecular weight excluding hydrogens is 480 g/mol. The Morgan fingerprint density at radius 1 is 0.684 bits per heavy atom. The molecule has 2 aliphatic carbocycles. The van der Waals surface area contributed by atoms with E-state index in [2.05, 4.69) is 0 Å². The van der Waals surface area contributed by atoms with Gasteiger partial charge in [-0.3, -0.25) is 9.59 Å². The number of carbonyl (C=O) groups excluding carboxylic acids is 2. The molecule has 1 aromatic carbocycles. The lowest BCUT2D eigenvalue weighted by molar-refractivity contribution is -0.151. The van der Waals surface area contributed by atoms with Crippen LogP contribution in [-0.2, 0) is 29.9 Å². The number of esters is 2. The van der Waals surface area contributed by atoms with Gasteiger partial charge in [0.15, 0.2) is 0 Å². The Hall–Kier alpha value is -2.24. The molecule has 0 bridgehead atoms. The zero-order valence-electron chi connectivity index (χ0n) is 24.2. The lowest BCUT2D eigenvalue weighted by Gasteiger charge is -2.30. The van der Waals surface area contributed by atoms with E-state index in [0.717, 1.165) is 51.4 Å². The third-order valence-corrected chi connectivity index (χ3v) is 8.64. The Morgan fingerprint density at radius 2 is 1.03 bits per heavy atom. The van der Waals surface area contributed by atoms with Gasteiger partial charge in [-0.05, 0) is 100 Å². The Balaban J connectivity index is 1.51. The number of rotatable bonds is 12. The maximum absolute atomic E-state index is 12.3. The molecule has 0 amide bonds. The van der Waals surface area contributed by atoms with Crippen molar-refractivity contribution in [1.29, 1.82) is 0 Å². The Bertz CT molecular complexity index is 846. The number of hydrogen-bond donors (Lipinski definition) is 2. The van der Waals surface area contributed by atoms with Crippen LogP contribution in [0.25, 0.3) is 0 Å². The van der Waals surface area contributed by atoms with Crippen molar-refractivity contribution in [3.05, 3.63) is 23.3 Å². The third-order valence-electron chi connectivity index (χ3n) is 8.64. The lowest BCUT2D eigenvalue weighted by atomic mass is 9.75. The first-order chi connectivity index (χ1) is 18.0. The summed E-state index contributed by atoms with van der Waals surface area (Å²) in [7, 11) is 0. The number of benzene rings is 1. The molecule has 38 heavy (non-hydrogen) atoms. The summed E-state index contributed by atoms with van der Waals surface area (Å²) in [5.41, 5.74) is 0.508. The summed E-state index contributed by atoms with van der Waals surface area (Å²) in [6, 6.07) is 3.34. The summed E-state index contributed by atoms with van der Waals surface area (Å²) in [5, 5.41) is 21.9. The van der Waals surface area contributed by atoms with Crippen molar-refractivity contribution < 1.29 is 29.3 Å². The third kappa shape index (κ3) is 8.91. The SMILES string of the molecule is CC(C)(CCCC(=O)OC1CCCCC1)c1cc(O)c(C(C)(C)CCCC(=O)OC2CCCCC2)cc1O. The maximum Gasteiger partial charge on any atom is 0.306 e. The fraction of sp³-hybridized carbons (Fsp3) is 0.750. The van der Waals surface area contributed by atoms with Crippen LogP contribution in [-0.4, -0.2) is 34.4 Å². The molecule has 2 fully saturated rings. The van der Waals surface area contributed by atoms with E-state index in [9.17, 15) is 19.8 Å². The second-order valence-corrected chi connectivity index (χ2v) is 12.9. The van der Waals surface area contributed by atoms with Crippen LogP contribution in [0.5, 0.6) is 11.5 Å². The number of hydrogen-bond acceptors (Lipinski definition) is 6. The van der Waals surface area contributed by atoms with Crippen LogP contribution < -0.4 is 0 Å². The minimum atomic E-state index is -0.418. The Labute approximate surface area is 229 Å². The molecule has 6 nitrogen and oxygen atoms in total. The van der Waals surface area contributed by atoms with E-state index in [0.29, 0.717) is 49.7 Å². The number of aromatic hydroxyl groups is 2.